The van der Waals surface area contributed by atoms with E-state index in [9.17, 15) is 0 Å². The fraction of sp³-hybridized carbons (Fsp3) is 1.00. The molecule has 0 unspecified atom stereocenters. The van der Waals surface area contributed by atoms with E-state index in [0.717, 1.165) is 25.0 Å². The summed E-state index contributed by atoms with van der Waals surface area (Å²) in [4.78, 5) is 0. The Morgan fingerprint density at radius 2 is 1.67 bits per heavy atom. The van der Waals surface area contributed by atoms with Gasteiger partial charge in [-0.3, -0.25) is 0 Å². The molecule has 2 rings (SSSR count). The zero-order valence-corrected chi connectivity index (χ0v) is 5.55. The molecule has 1 aliphatic heterocycles. The summed E-state index contributed by atoms with van der Waals surface area (Å²) in [5.41, 5.74) is 5.77. The van der Waals surface area contributed by atoms with Crippen molar-refractivity contribution in [1.29, 1.82) is 0 Å². The van der Waals surface area contributed by atoms with E-state index >= 15 is 0 Å². The third-order valence-electron chi connectivity index (χ3n) is 2.54. The summed E-state index contributed by atoms with van der Waals surface area (Å²) in [6, 6.07) is 0.476. The summed E-state index contributed by atoms with van der Waals surface area (Å²) in [6.45, 7) is 1.94. The van der Waals surface area contributed by atoms with Crippen LogP contribution in [0.4, 0.5) is 0 Å². The largest absolute Gasteiger partial charge is 0.381 e. The van der Waals surface area contributed by atoms with E-state index < -0.39 is 0 Å². The Morgan fingerprint density at radius 1 is 1.11 bits per heavy atom. The number of hydrogen-bond donors (Lipinski definition) is 1. The average molecular weight is 127 g/mol. The molecule has 1 aliphatic carbocycles. The molecule has 1 heterocycles. The van der Waals surface area contributed by atoms with E-state index in [-0.39, 0.29) is 0 Å². The molecule has 1 saturated carbocycles. The second-order valence-corrected chi connectivity index (χ2v) is 3.29. The van der Waals surface area contributed by atoms with Gasteiger partial charge in [-0.15, -0.1) is 0 Å². The SMILES string of the molecule is NC1C[C@H]2COC[C@@H]2C1. The highest BCUT2D eigenvalue weighted by atomic mass is 16.5. The molecule has 2 nitrogen and oxygen atoms in total. The zero-order chi connectivity index (χ0) is 6.27. The summed E-state index contributed by atoms with van der Waals surface area (Å²) >= 11 is 0. The first kappa shape index (κ1) is 5.69. The Balaban J connectivity index is 2.02. The van der Waals surface area contributed by atoms with Gasteiger partial charge < -0.3 is 10.5 Å². The van der Waals surface area contributed by atoms with E-state index in [1.54, 1.807) is 0 Å². The Bertz CT molecular complexity index is 103. The summed E-state index contributed by atoms with van der Waals surface area (Å²) in [5, 5.41) is 0. The van der Waals surface area contributed by atoms with Crippen molar-refractivity contribution < 1.29 is 4.74 Å². The predicted molar refractivity (Wildman–Crippen MR) is 35.0 cm³/mol. The smallest absolute Gasteiger partial charge is 0.0498 e. The maximum atomic E-state index is 5.77. The van der Waals surface area contributed by atoms with Crippen LogP contribution < -0.4 is 5.73 Å². The van der Waals surface area contributed by atoms with E-state index in [4.69, 9.17) is 10.5 Å². The monoisotopic (exact) mass is 127 g/mol. The molecule has 2 fully saturated rings. The molecule has 0 spiro atoms. The summed E-state index contributed by atoms with van der Waals surface area (Å²) in [6.07, 6.45) is 2.40. The molecular formula is C7H13NO. The molecule has 0 aromatic carbocycles. The molecule has 0 aromatic heterocycles. The van der Waals surface area contributed by atoms with Crippen molar-refractivity contribution >= 4 is 0 Å². The number of ether oxygens (including phenoxy) is 1. The fourth-order valence-corrected chi connectivity index (χ4v) is 2.04. The Kier molecular flexibility index (Phi) is 1.24. The van der Waals surface area contributed by atoms with E-state index in [1.165, 1.54) is 12.8 Å². The van der Waals surface area contributed by atoms with Crippen LogP contribution in [-0.4, -0.2) is 19.3 Å². The average Bonchev–Trinajstić information content (AvgIpc) is 2.22. The number of rotatable bonds is 0. The Hall–Kier alpha value is -0.0800. The van der Waals surface area contributed by atoms with E-state index in [1.807, 2.05) is 0 Å². The third kappa shape index (κ3) is 0.864. The number of nitrogens with two attached hydrogens (primary N) is 1. The van der Waals surface area contributed by atoms with Crippen molar-refractivity contribution in [3.63, 3.8) is 0 Å². The zero-order valence-electron chi connectivity index (χ0n) is 5.55. The Labute approximate surface area is 55.4 Å². The van der Waals surface area contributed by atoms with Gasteiger partial charge in [0.25, 0.3) is 0 Å². The molecule has 0 radical (unpaired) electrons. The van der Waals surface area contributed by atoms with Crippen molar-refractivity contribution in [3.05, 3.63) is 0 Å². The van der Waals surface area contributed by atoms with Gasteiger partial charge in [0.15, 0.2) is 0 Å². The molecule has 2 atom stereocenters. The number of fused-ring (bicyclic) bond motifs is 1. The molecule has 2 N–H and O–H groups in total. The quantitative estimate of drug-likeness (QED) is 0.510. The lowest BCUT2D eigenvalue weighted by atomic mass is 10.0. The number of hydrogen-bond acceptors (Lipinski definition) is 2. The van der Waals surface area contributed by atoms with Gasteiger partial charge in [-0.2, -0.15) is 0 Å². The van der Waals surface area contributed by atoms with Crippen LogP contribution in [0, 0.1) is 11.8 Å². The predicted octanol–water partition coefficient (Wildman–Crippen LogP) is 0.370. The van der Waals surface area contributed by atoms with Crippen LogP contribution in [0.25, 0.3) is 0 Å². The normalized spacial score (nSPS) is 43.7. The Morgan fingerprint density at radius 3 is 2.22 bits per heavy atom. The van der Waals surface area contributed by atoms with Crippen LogP contribution >= 0.6 is 0 Å². The first-order valence-corrected chi connectivity index (χ1v) is 3.69. The van der Waals surface area contributed by atoms with Gasteiger partial charge in [-0.25, -0.2) is 0 Å². The lowest BCUT2D eigenvalue weighted by Gasteiger charge is -2.01. The maximum absolute atomic E-state index is 5.77. The van der Waals surface area contributed by atoms with E-state index in [2.05, 4.69) is 0 Å². The first-order valence-electron chi connectivity index (χ1n) is 3.69. The van der Waals surface area contributed by atoms with Gasteiger partial charge in [-0.1, -0.05) is 0 Å². The molecule has 52 valence electrons. The second kappa shape index (κ2) is 1.96. The van der Waals surface area contributed by atoms with Crippen LogP contribution in [0.1, 0.15) is 12.8 Å². The molecule has 0 bridgehead atoms. The lowest BCUT2D eigenvalue weighted by molar-refractivity contribution is 0.171. The van der Waals surface area contributed by atoms with Crippen LogP contribution in [0.15, 0.2) is 0 Å². The molecule has 2 heteroatoms. The van der Waals surface area contributed by atoms with Crippen molar-refractivity contribution in [1.82, 2.24) is 0 Å². The van der Waals surface area contributed by atoms with Gasteiger partial charge in [0.1, 0.15) is 0 Å². The highest BCUT2D eigenvalue weighted by Gasteiger charge is 2.36. The molecule has 0 aromatic rings. The van der Waals surface area contributed by atoms with Crippen molar-refractivity contribution in [3.8, 4) is 0 Å². The lowest BCUT2D eigenvalue weighted by Crippen LogP contribution is -2.16. The highest BCUT2D eigenvalue weighted by Crippen LogP contribution is 2.35. The topological polar surface area (TPSA) is 35.2 Å². The van der Waals surface area contributed by atoms with Crippen molar-refractivity contribution in [2.24, 2.45) is 17.6 Å². The van der Waals surface area contributed by atoms with Gasteiger partial charge in [0, 0.05) is 19.3 Å². The highest BCUT2D eigenvalue weighted by molar-refractivity contribution is 4.88. The van der Waals surface area contributed by atoms with Gasteiger partial charge in [0.05, 0.1) is 0 Å². The molecule has 0 amide bonds. The minimum Gasteiger partial charge on any atom is -0.381 e. The summed E-state index contributed by atoms with van der Waals surface area (Å²) < 4.78 is 5.30. The first-order chi connectivity index (χ1) is 4.36. The van der Waals surface area contributed by atoms with Crippen molar-refractivity contribution in [2.75, 3.05) is 13.2 Å². The summed E-state index contributed by atoms with van der Waals surface area (Å²) in [5.74, 6) is 1.61. The maximum Gasteiger partial charge on any atom is 0.0498 e. The minimum absolute atomic E-state index is 0.476. The van der Waals surface area contributed by atoms with Gasteiger partial charge >= 0.3 is 0 Å². The van der Waals surface area contributed by atoms with Crippen LogP contribution in [0.5, 0.6) is 0 Å². The third-order valence-corrected chi connectivity index (χ3v) is 2.54. The van der Waals surface area contributed by atoms with Gasteiger partial charge in [0.2, 0.25) is 0 Å². The van der Waals surface area contributed by atoms with Gasteiger partial charge in [-0.05, 0) is 24.7 Å². The second-order valence-electron chi connectivity index (χ2n) is 3.29. The van der Waals surface area contributed by atoms with Crippen LogP contribution in [0.2, 0.25) is 0 Å². The van der Waals surface area contributed by atoms with Crippen molar-refractivity contribution in [2.45, 2.75) is 18.9 Å². The summed E-state index contributed by atoms with van der Waals surface area (Å²) in [7, 11) is 0. The standard InChI is InChI=1S/C7H13NO/c8-7-1-5-3-9-4-6(5)2-7/h5-7H,1-4,8H2/t5-,6-/m0/s1. The van der Waals surface area contributed by atoms with E-state index in [0.29, 0.717) is 6.04 Å². The van der Waals surface area contributed by atoms with Crippen LogP contribution in [-0.2, 0) is 4.74 Å². The minimum atomic E-state index is 0.476. The molecule has 9 heavy (non-hydrogen) atoms. The molecule has 1 saturated heterocycles. The fourth-order valence-electron chi connectivity index (χ4n) is 2.04. The van der Waals surface area contributed by atoms with Crippen LogP contribution in [0.3, 0.4) is 0 Å². The molecule has 2 aliphatic rings. The molecular weight excluding hydrogens is 114 g/mol.